The lowest BCUT2D eigenvalue weighted by Gasteiger charge is -2.16. The van der Waals surface area contributed by atoms with Gasteiger partial charge in [-0.1, -0.05) is 60.7 Å². The van der Waals surface area contributed by atoms with Crippen LogP contribution in [0.3, 0.4) is 0 Å². The smallest absolute Gasteiger partial charge is 0.0695 e. The number of aromatic amines is 1. The molecule has 1 aliphatic heterocycles. The summed E-state index contributed by atoms with van der Waals surface area (Å²) in [4.78, 5) is 2.43. The van der Waals surface area contributed by atoms with E-state index < -0.39 is 0 Å². The molecule has 1 fully saturated rings. The third-order valence-electron chi connectivity index (χ3n) is 4.84. The summed E-state index contributed by atoms with van der Waals surface area (Å²) >= 11 is 0. The maximum absolute atomic E-state index is 6.41. The normalized spacial score (nSPS) is 20.4. The van der Waals surface area contributed by atoms with E-state index in [1.165, 1.54) is 16.7 Å². The highest BCUT2D eigenvalue weighted by Crippen LogP contribution is 2.29. The van der Waals surface area contributed by atoms with Crippen LogP contribution in [0.4, 0.5) is 0 Å². The van der Waals surface area contributed by atoms with E-state index in [0.717, 1.165) is 25.3 Å². The van der Waals surface area contributed by atoms with E-state index in [2.05, 4.69) is 69.7 Å². The van der Waals surface area contributed by atoms with Gasteiger partial charge in [0.2, 0.25) is 0 Å². The number of nitrogens with two attached hydrogens (primary N) is 1. The van der Waals surface area contributed by atoms with Crippen molar-refractivity contribution in [2.45, 2.75) is 18.5 Å². The van der Waals surface area contributed by atoms with E-state index >= 15 is 0 Å². The molecule has 2 aromatic carbocycles. The predicted molar refractivity (Wildman–Crippen MR) is 104 cm³/mol. The Bertz CT molecular complexity index is 788. The molecule has 5 heteroatoms. The van der Waals surface area contributed by atoms with Crippen LogP contribution in [-0.4, -0.2) is 34.2 Å². The molecule has 4 rings (SSSR count). The summed E-state index contributed by atoms with van der Waals surface area (Å²) in [6, 6.07) is 21.1. The number of halogens is 1. The molecule has 1 aromatic heterocycles. The summed E-state index contributed by atoms with van der Waals surface area (Å²) in [7, 11) is 0. The lowest BCUT2D eigenvalue weighted by atomic mass is 9.95. The Morgan fingerprint density at radius 1 is 1.00 bits per heavy atom. The number of H-pyrrole nitrogens is 1. The van der Waals surface area contributed by atoms with Crippen molar-refractivity contribution in [3.8, 4) is 11.3 Å². The SMILES string of the molecule is Cl.N[C@@H]1CN(Cc2cn[nH]c2-c2ccccc2)C[C@H]1c1ccccc1. The van der Waals surface area contributed by atoms with Gasteiger partial charge in [-0.05, 0) is 11.1 Å². The predicted octanol–water partition coefficient (Wildman–Crippen LogP) is 3.43. The quantitative estimate of drug-likeness (QED) is 0.754. The largest absolute Gasteiger partial charge is 0.326 e. The summed E-state index contributed by atoms with van der Waals surface area (Å²) in [5, 5.41) is 7.40. The van der Waals surface area contributed by atoms with Crippen LogP contribution in [0, 0.1) is 0 Å². The van der Waals surface area contributed by atoms with Crippen molar-refractivity contribution in [2.24, 2.45) is 5.73 Å². The van der Waals surface area contributed by atoms with Gasteiger partial charge < -0.3 is 5.73 Å². The zero-order valence-corrected chi connectivity index (χ0v) is 14.8. The molecule has 2 heterocycles. The molecule has 0 amide bonds. The molecule has 25 heavy (non-hydrogen) atoms. The second kappa shape index (κ2) is 7.83. The molecule has 0 spiro atoms. The van der Waals surface area contributed by atoms with Crippen LogP contribution in [0.5, 0.6) is 0 Å². The van der Waals surface area contributed by atoms with Gasteiger partial charge in [0, 0.05) is 37.2 Å². The fourth-order valence-corrected chi connectivity index (χ4v) is 3.62. The number of rotatable bonds is 4. The summed E-state index contributed by atoms with van der Waals surface area (Å²) in [5.41, 5.74) is 11.3. The van der Waals surface area contributed by atoms with Gasteiger partial charge in [0.1, 0.15) is 0 Å². The third-order valence-corrected chi connectivity index (χ3v) is 4.84. The number of nitrogens with one attached hydrogen (secondary N) is 1. The van der Waals surface area contributed by atoms with Gasteiger partial charge >= 0.3 is 0 Å². The van der Waals surface area contributed by atoms with Gasteiger partial charge in [-0.25, -0.2) is 0 Å². The monoisotopic (exact) mass is 354 g/mol. The average Bonchev–Trinajstić information content (AvgIpc) is 3.23. The summed E-state index contributed by atoms with van der Waals surface area (Å²) in [6.45, 7) is 2.78. The van der Waals surface area contributed by atoms with Crippen molar-refractivity contribution in [1.29, 1.82) is 0 Å². The molecule has 0 radical (unpaired) electrons. The zero-order chi connectivity index (χ0) is 16.4. The molecule has 0 aliphatic carbocycles. The van der Waals surface area contributed by atoms with Crippen LogP contribution in [0.2, 0.25) is 0 Å². The van der Waals surface area contributed by atoms with E-state index in [1.807, 2.05) is 12.3 Å². The number of aromatic nitrogens is 2. The van der Waals surface area contributed by atoms with Gasteiger partial charge in [0.05, 0.1) is 11.9 Å². The molecule has 1 aliphatic rings. The molecular formula is C20H23ClN4. The highest BCUT2D eigenvalue weighted by molar-refractivity contribution is 5.85. The van der Waals surface area contributed by atoms with Gasteiger partial charge in [-0.3, -0.25) is 10.00 Å². The van der Waals surface area contributed by atoms with Crippen molar-refractivity contribution < 1.29 is 0 Å². The van der Waals surface area contributed by atoms with E-state index in [9.17, 15) is 0 Å². The second-order valence-corrected chi connectivity index (χ2v) is 6.51. The molecule has 130 valence electrons. The van der Waals surface area contributed by atoms with Crippen LogP contribution >= 0.6 is 12.4 Å². The molecule has 1 saturated heterocycles. The maximum atomic E-state index is 6.41. The molecule has 4 nitrogen and oxygen atoms in total. The minimum atomic E-state index is 0. The van der Waals surface area contributed by atoms with Gasteiger partial charge in [-0.2, -0.15) is 5.10 Å². The van der Waals surface area contributed by atoms with Gasteiger partial charge in [0.15, 0.2) is 0 Å². The molecular weight excluding hydrogens is 332 g/mol. The first kappa shape index (κ1) is 17.7. The highest BCUT2D eigenvalue weighted by Gasteiger charge is 2.31. The molecule has 3 N–H and O–H groups in total. The minimum absolute atomic E-state index is 0. The van der Waals surface area contributed by atoms with Crippen molar-refractivity contribution in [3.63, 3.8) is 0 Å². The van der Waals surface area contributed by atoms with Crippen LogP contribution in [-0.2, 0) is 6.54 Å². The lowest BCUT2D eigenvalue weighted by Crippen LogP contribution is -2.28. The lowest BCUT2D eigenvalue weighted by molar-refractivity contribution is 0.324. The first-order valence-corrected chi connectivity index (χ1v) is 8.42. The standard InChI is InChI=1S/C20H22N4.ClH/c21-19-14-24(13-18(19)15-7-3-1-4-8-15)12-17-11-22-23-20(17)16-9-5-2-6-10-16;/h1-11,18-19H,12-14,21H2,(H,22,23);1H/t18-,19+;/m0./s1. The Morgan fingerprint density at radius 3 is 2.40 bits per heavy atom. The van der Waals surface area contributed by atoms with E-state index in [-0.39, 0.29) is 18.4 Å². The van der Waals surface area contributed by atoms with E-state index in [4.69, 9.17) is 5.73 Å². The first-order chi connectivity index (χ1) is 11.8. The first-order valence-electron chi connectivity index (χ1n) is 8.42. The van der Waals surface area contributed by atoms with Gasteiger partial charge in [0.25, 0.3) is 0 Å². The summed E-state index contributed by atoms with van der Waals surface area (Å²) < 4.78 is 0. The van der Waals surface area contributed by atoms with Crippen LogP contribution < -0.4 is 5.73 Å². The number of benzene rings is 2. The summed E-state index contributed by atoms with van der Waals surface area (Å²) in [5.74, 6) is 0.401. The Labute approximate surface area is 154 Å². The zero-order valence-electron chi connectivity index (χ0n) is 14.0. The molecule has 0 bridgehead atoms. The van der Waals surface area contributed by atoms with Crippen molar-refractivity contribution >= 4 is 12.4 Å². The van der Waals surface area contributed by atoms with Crippen LogP contribution in [0.25, 0.3) is 11.3 Å². The Balaban J connectivity index is 0.00000182. The molecule has 0 saturated carbocycles. The molecule has 0 unspecified atom stereocenters. The van der Waals surface area contributed by atoms with Gasteiger partial charge in [-0.15, -0.1) is 12.4 Å². The fourth-order valence-electron chi connectivity index (χ4n) is 3.62. The third kappa shape index (κ3) is 3.76. The summed E-state index contributed by atoms with van der Waals surface area (Å²) in [6.07, 6.45) is 1.93. The number of hydrogen-bond acceptors (Lipinski definition) is 3. The number of likely N-dealkylation sites (tertiary alicyclic amines) is 1. The molecule has 3 aromatic rings. The highest BCUT2D eigenvalue weighted by atomic mass is 35.5. The molecule has 2 atom stereocenters. The number of nitrogens with zero attached hydrogens (tertiary/aromatic N) is 2. The fraction of sp³-hybridized carbons (Fsp3) is 0.250. The minimum Gasteiger partial charge on any atom is -0.326 e. The van der Waals surface area contributed by atoms with Crippen LogP contribution in [0.1, 0.15) is 17.0 Å². The van der Waals surface area contributed by atoms with Crippen molar-refractivity contribution in [2.75, 3.05) is 13.1 Å². The van der Waals surface area contributed by atoms with E-state index in [0.29, 0.717) is 5.92 Å². The Kier molecular flexibility index (Phi) is 5.53. The Hall–Kier alpha value is -2.14. The van der Waals surface area contributed by atoms with Crippen molar-refractivity contribution in [3.05, 3.63) is 78.0 Å². The average molecular weight is 355 g/mol. The van der Waals surface area contributed by atoms with Crippen molar-refractivity contribution in [1.82, 2.24) is 15.1 Å². The topological polar surface area (TPSA) is 57.9 Å². The van der Waals surface area contributed by atoms with E-state index in [1.54, 1.807) is 0 Å². The maximum Gasteiger partial charge on any atom is 0.0695 e. The Morgan fingerprint density at radius 2 is 1.68 bits per heavy atom. The van der Waals surface area contributed by atoms with Crippen LogP contribution in [0.15, 0.2) is 66.9 Å². The second-order valence-electron chi connectivity index (χ2n) is 6.51. The number of hydrogen-bond donors (Lipinski definition) is 2.